The molecular weight excluding hydrogens is 182 g/mol. The largest absolute Gasteiger partial charge is 0.460 e. The summed E-state index contributed by atoms with van der Waals surface area (Å²) in [5, 5.41) is 3.77. The predicted octanol–water partition coefficient (Wildman–Crippen LogP) is 1.29. The average Bonchev–Trinajstić information content (AvgIpc) is 2.41. The van der Waals surface area contributed by atoms with E-state index < -0.39 is 6.03 Å². The van der Waals surface area contributed by atoms with Crippen molar-refractivity contribution in [3.8, 4) is 0 Å². The Bertz CT molecular complexity index is 379. The molecule has 1 aromatic rings. The smallest absolute Gasteiger partial charge is 0.332 e. The van der Waals surface area contributed by atoms with Gasteiger partial charge in [-0.05, 0) is 32.4 Å². The molecule has 0 fully saturated rings. The number of hydrogen-bond donors (Lipinski definition) is 2. The topological polar surface area (TPSA) is 80.6 Å². The quantitative estimate of drug-likeness (QED) is 0.550. The fourth-order valence-electron chi connectivity index (χ4n) is 1.19. The van der Waals surface area contributed by atoms with Crippen molar-refractivity contribution in [2.24, 2.45) is 10.8 Å². The molecule has 0 spiro atoms. The fourth-order valence-corrected chi connectivity index (χ4v) is 1.19. The van der Waals surface area contributed by atoms with E-state index in [2.05, 4.69) is 10.5 Å². The molecule has 5 nitrogen and oxygen atoms in total. The first-order chi connectivity index (χ1) is 6.50. The van der Waals surface area contributed by atoms with Crippen LogP contribution in [0, 0.1) is 13.8 Å². The maximum atomic E-state index is 10.4. The minimum Gasteiger partial charge on any atom is -0.460 e. The zero-order valence-corrected chi connectivity index (χ0v) is 8.42. The Labute approximate surface area is 82.0 Å². The van der Waals surface area contributed by atoms with Gasteiger partial charge in [-0.15, -0.1) is 0 Å². The molecule has 0 bridgehead atoms. The Morgan fingerprint density at radius 1 is 1.57 bits per heavy atom. The molecule has 0 atom stereocenters. The van der Waals surface area contributed by atoms with Gasteiger partial charge in [0.15, 0.2) is 5.76 Å². The third-order valence-electron chi connectivity index (χ3n) is 1.70. The van der Waals surface area contributed by atoms with Crippen LogP contribution in [0.4, 0.5) is 4.79 Å². The number of carbonyl (C=O) groups is 1. The van der Waals surface area contributed by atoms with Crippen LogP contribution in [0.3, 0.4) is 0 Å². The number of primary amides is 1. The number of urea groups is 1. The molecular formula is C9H13N3O2. The highest BCUT2D eigenvalue weighted by Gasteiger charge is 2.08. The number of aryl methyl sites for hydroxylation is 2. The van der Waals surface area contributed by atoms with E-state index in [1.165, 1.54) is 0 Å². The Hall–Kier alpha value is -1.78. The summed E-state index contributed by atoms with van der Waals surface area (Å²) in [5.41, 5.74) is 8.59. The number of amides is 2. The van der Waals surface area contributed by atoms with Crippen LogP contribution in [0.25, 0.3) is 0 Å². The maximum Gasteiger partial charge on any atom is 0.332 e. The third-order valence-corrected chi connectivity index (χ3v) is 1.70. The van der Waals surface area contributed by atoms with Crippen molar-refractivity contribution in [3.63, 3.8) is 0 Å². The Kier molecular flexibility index (Phi) is 2.91. The number of nitrogens with zero attached hydrogens (tertiary/aromatic N) is 1. The van der Waals surface area contributed by atoms with Gasteiger partial charge in [0, 0.05) is 0 Å². The van der Waals surface area contributed by atoms with Crippen molar-refractivity contribution in [1.82, 2.24) is 5.43 Å². The molecule has 0 aromatic carbocycles. The van der Waals surface area contributed by atoms with E-state index in [0.29, 0.717) is 11.5 Å². The zero-order chi connectivity index (χ0) is 10.7. The molecule has 0 unspecified atom stereocenters. The van der Waals surface area contributed by atoms with Crippen molar-refractivity contribution in [2.75, 3.05) is 0 Å². The van der Waals surface area contributed by atoms with Gasteiger partial charge >= 0.3 is 6.03 Å². The molecule has 0 radical (unpaired) electrons. The molecule has 1 rings (SSSR count). The maximum absolute atomic E-state index is 10.4. The molecule has 3 N–H and O–H groups in total. The molecule has 2 amide bonds. The molecule has 0 aliphatic carbocycles. The summed E-state index contributed by atoms with van der Waals surface area (Å²) in [6.07, 6.45) is 0. The van der Waals surface area contributed by atoms with E-state index in [1.807, 2.05) is 19.9 Å². The molecule has 76 valence electrons. The molecule has 0 saturated carbocycles. The van der Waals surface area contributed by atoms with Gasteiger partial charge < -0.3 is 10.2 Å². The number of furan rings is 1. The standard InChI is InChI=1S/C9H13N3O2/c1-5-4-6(2)14-8(5)7(3)11-12-9(10)13/h4H,1-3H3,(H3,10,12,13)/b11-7+. The number of carbonyl (C=O) groups excluding carboxylic acids is 1. The minimum absolute atomic E-state index is 0.592. The predicted molar refractivity (Wildman–Crippen MR) is 53.1 cm³/mol. The molecule has 5 heteroatoms. The van der Waals surface area contributed by atoms with Crippen molar-refractivity contribution < 1.29 is 9.21 Å². The van der Waals surface area contributed by atoms with Crippen LogP contribution in [0.2, 0.25) is 0 Å². The Balaban J connectivity index is 2.88. The number of hydrazone groups is 1. The van der Waals surface area contributed by atoms with Gasteiger partial charge in [-0.2, -0.15) is 5.10 Å². The van der Waals surface area contributed by atoms with E-state index in [1.54, 1.807) is 6.92 Å². The van der Waals surface area contributed by atoms with Gasteiger partial charge in [0.1, 0.15) is 11.5 Å². The number of hydrogen-bond acceptors (Lipinski definition) is 3. The van der Waals surface area contributed by atoms with Gasteiger partial charge in [-0.3, -0.25) is 0 Å². The second kappa shape index (κ2) is 3.95. The molecule has 0 aliphatic heterocycles. The summed E-state index contributed by atoms with van der Waals surface area (Å²) in [5.74, 6) is 1.47. The van der Waals surface area contributed by atoms with Crippen LogP contribution in [0.15, 0.2) is 15.6 Å². The Morgan fingerprint density at radius 3 is 2.64 bits per heavy atom. The van der Waals surface area contributed by atoms with Crippen LogP contribution in [-0.2, 0) is 0 Å². The monoisotopic (exact) mass is 195 g/mol. The van der Waals surface area contributed by atoms with E-state index in [-0.39, 0.29) is 0 Å². The SMILES string of the molecule is C/C(=N\NC(N)=O)c1oc(C)cc1C. The van der Waals surface area contributed by atoms with Crippen LogP contribution in [-0.4, -0.2) is 11.7 Å². The summed E-state index contributed by atoms with van der Waals surface area (Å²) >= 11 is 0. The van der Waals surface area contributed by atoms with Gasteiger partial charge in [-0.1, -0.05) is 0 Å². The summed E-state index contributed by atoms with van der Waals surface area (Å²) < 4.78 is 5.39. The lowest BCUT2D eigenvalue weighted by Gasteiger charge is -1.97. The molecule has 1 aromatic heterocycles. The lowest BCUT2D eigenvalue weighted by molar-refractivity contribution is 0.249. The highest BCUT2D eigenvalue weighted by molar-refractivity contribution is 5.97. The van der Waals surface area contributed by atoms with Crippen molar-refractivity contribution >= 4 is 11.7 Å². The van der Waals surface area contributed by atoms with Crippen molar-refractivity contribution in [1.29, 1.82) is 0 Å². The summed E-state index contributed by atoms with van der Waals surface area (Å²) in [4.78, 5) is 10.4. The highest BCUT2D eigenvalue weighted by atomic mass is 16.3. The van der Waals surface area contributed by atoms with Crippen LogP contribution >= 0.6 is 0 Å². The Morgan fingerprint density at radius 2 is 2.21 bits per heavy atom. The summed E-state index contributed by atoms with van der Waals surface area (Å²) in [6.45, 7) is 5.50. The van der Waals surface area contributed by atoms with Crippen LogP contribution in [0.1, 0.15) is 24.0 Å². The van der Waals surface area contributed by atoms with Crippen molar-refractivity contribution in [3.05, 3.63) is 23.2 Å². The minimum atomic E-state index is -0.690. The van der Waals surface area contributed by atoms with E-state index in [0.717, 1.165) is 11.3 Å². The third kappa shape index (κ3) is 2.35. The van der Waals surface area contributed by atoms with Gasteiger partial charge in [0.2, 0.25) is 0 Å². The fraction of sp³-hybridized carbons (Fsp3) is 0.333. The van der Waals surface area contributed by atoms with Crippen LogP contribution in [0.5, 0.6) is 0 Å². The zero-order valence-electron chi connectivity index (χ0n) is 8.42. The lowest BCUT2D eigenvalue weighted by atomic mass is 10.2. The number of rotatable bonds is 2. The molecule has 0 aliphatic rings. The summed E-state index contributed by atoms with van der Waals surface area (Å²) in [7, 11) is 0. The van der Waals surface area contributed by atoms with Crippen LogP contribution < -0.4 is 11.2 Å². The van der Waals surface area contributed by atoms with E-state index >= 15 is 0 Å². The average molecular weight is 195 g/mol. The molecule has 14 heavy (non-hydrogen) atoms. The first-order valence-electron chi connectivity index (χ1n) is 4.18. The van der Waals surface area contributed by atoms with Gasteiger partial charge in [0.25, 0.3) is 0 Å². The lowest BCUT2D eigenvalue weighted by Crippen LogP contribution is -2.25. The van der Waals surface area contributed by atoms with Crippen molar-refractivity contribution in [2.45, 2.75) is 20.8 Å². The van der Waals surface area contributed by atoms with Gasteiger partial charge in [0.05, 0.1) is 0 Å². The second-order valence-electron chi connectivity index (χ2n) is 3.04. The first-order valence-corrected chi connectivity index (χ1v) is 4.18. The highest BCUT2D eigenvalue weighted by Crippen LogP contribution is 2.14. The second-order valence-corrected chi connectivity index (χ2v) is 3.04. The molecule has 0 saturated heterocycles. The molecule has 1 heterocycles. The number of nitrogens with two attached hydrogens (primary N) is 1. The van der Waals surface area contributed by atoms with Gasteiger partial charge in [-0.25, -0.2) is 10.2 Å². The first kappa shape index (κ1) is 10.3. The van der Waals surface area contributed by atoms with E-state index in [4.69, 9.17) is 10.2 Å². The summed E-state index contributed by atoms with van der Waals surface area (Å²) in [6, 6.07) is 1.21. The van der Waals surface area contributed by atoms with E-state index in [9.17, 15) is 4.79 Å². The number of nitrogens with one attached hydrogen (secondary N) is 1. The normalized spacial score (nSPS) is 11.5.